The number of carbonyl (C=O) groups is 2. The first-order valence-corrected chi connectivity index (χ1v) is 8.80. The molecule has 0 saturated heterocycles. The van der Waals surface area contributed by atoms with Crippen LogP contribution in [0.25, 0.3) is 6.08 Å². The third kappa shape index (κ3) is 6.43. The van der Waals surface area contributed by atoms with E-state index >= 15 is 0 Å². The van der Waals surface area contributed by atoms with Gasteiger partial charge in [0.1, 0.15) is 5.82 Å². The van der Waals surface area contributed by atoms with E-state index in [-0.39, 0.29) is 11.6 Å². The number of rotatable bonds is 6. The smallest absolute Gasteiger partial charge is 0.262 e. The Morgan fingerprint density at radius 3 is 2.48 bits per heavy atom. The van der Waals surface area contributed by atoms with Crippen LogP contribution in [0.3, 0.4) is 0 Å². The maximum absolute atomic E-state index is 13.4. The molecule has 0 aliphatic carbocycles. The normalized spacial score (nSPS) is 10.6. The van der Waals surface area contributed by atoms with E-state index in [0.29, 0.717) is 4.90 Å². The van der Waals surface area contributed by atoms with E-state index in [9.17, 15) is 14.0 Å². The molecule has 130 valence electrons. The van der Waals surface area contributed by atoms with Crippen molar-refractivity contribution in [3.05, 3.63) is 71.6 Å². The Morgan fingerprint density at radius 2 is 1.80 bits per heavy atom. The van der Waals surface area contributed by atoms with Gasteiger partial charge in [-0.05, 0) is 35.8 Å². The summed E-state index contributed by atoms with van der Waals surface area (Å²) in [5.74, 6) is -1.23. The summed E-state index contributed by atoms with van der Waals surface area (Å²) < 4.78 is 13.4. The maximum Gasteiger partial charge on any atom is 0.262 e. The third-order valence-electron chi connectivity index (χ3n) is 3.34. The lowest BCUT2D eigenvalue weighted by Gasteiger charge is -2.05. The second-order valence-corrected chi connectivity index (χ2v) is 6.20. The van der Waals surface area contributed by atoms with Crippen molar-refractivity contribution in [3.8, 4) is 0 Å². The molecule has 0 spiro atoms. The molecule has 25 heavy (non-hydrogen) atoms. The van der Waals surface area contributed by atoms with Crippen LogP contribution in [-0.2, 0) is 16.0 Å². The zero-order valence-corrected chi connectivity index (χ0v) is 14.6. The number of thioether (sulfide) groups is 1. The van der Waals surface area contributed by atoms with Crippen LogP contribution in [0, 0.1) is 5.82 Å². The summed E-state index contributed by atoms with van der Waals surface area (Å²) >= 11 is 1.06. The minimum absolute atomic E-state index is 0.00338. The summed E-state index contributed by atoms with van der Waals surface area (Å²) in [6.45, 7) is 2.07. The molecule has 4 nitrogen and oxygen atoms in total. The van der Waals surface area contributed by atoms with Gasteiger partial charge in [0, 0.05) is 11.0 Å². The van der Waals surface area contributed by atoms with Gasteiger partial charge in [0.25, 0.3) is 5.91 Å². The summed E-state index contributed by atoms with van der Waals surface area (Å²) in [6, 6.07) is 14.1. The Hall–Kier alpha value is -2.60. The number of nitrogens with one attached hydrogen (secondary N) is 2. The number of halogens is 1. The second kappa shape index (κ2) is 9.64. The molecule has 0 aromatic heterocycles. The molecule has 0 atom stereocenters. The van der Waals surface area contributed by atoms with Crippen LogP contribution in [-0.4, -0.2) is 17.6 Å². The van der Waals surface area contributed by atoms with Crippen molar-refractivity contribution in [1.82, 2.24) is 10.9 Å². The second-order valence-electron chi connectivity index (χ2n) is 5.18. The van der Waals surface area contributed by atoms with E-state index in [1.807, 2.05) is 24.3 Å². The van der Waals surface area contributed by atoms with Gasteiger partial charge in [-0.1, -0.05) is 43.3 Å². The topological polar surface area (TPSA) is 58.2 Å². The number of benzene rings is 2. The highest BCUT2D eigenvalue weighted by Gasteiger charge is 2.06. The van der Waals surface area contributed by atoms with Gasteiger partial charge in [-0.2, -0.15) is 0 Å². The first-order chi connectivity index (χ1) is 12.1. The van der Waals surface area contributed by atoms with Crippen molar-refractivity contribution in [2.75, 3.05) is 5.75 Å². The van der Waals surface area contributed by atoms with E-state index in [0.717, 1.165) is 23.7 Å². The van der Waals surface area contributed by atoms with Gasteiger partial charge in [-0.3, -0.25) is 20.4 Å². The van der Waals surface area contributed by atoms with E-state index < -0.39 is 11.8 Å². The molecule has 0 heterocycles. The van der Waals surface area contributed by atoms with Crippen molar-refractivity contribution >= 4 is 29.7 Å². The first kappa shape index (κ1) is 18.7. The van der Waals surface area contributed by atoms with Crippen LogP contribution in [0.1, 0.15) is 18.1 Å². The lowest BCUT2D eigenvalue weighted by molar-refractivity contribution is -0.125. The fourth-order valence-electron chi connectivity index (χ4n) is 1.95. The predicted octanol–water partition coefficient (Wildman–Crippen LogP) is 3.34. The van der Waals surface area contributed by atoms with E-state index in [1.165, 1.54) is 17.7 Å². The predicted molar refractivity (Wildman–Crippen MR) is 98.3 cm³/mol. The molecular weight excluding hydrogens is 339 g/mol. The molecule has 0 unspecified atom stereocenters. The number of amides is 2. The SMILES string of the molecule is CCc1ccc(/C=C/C(=O)NNC(=O)CSc2ccccc2F)cc1. The van der Waals surface area contributed by atoms with Crippen molar-refractivity contribution in [2.24, 2.45) is 0 Å². The number of hydrazine groups is 1. The molecule has 0 radical (unpaired) electrons. The summed E-state index contributed by atoms with van der Waals surface area (Å²) in [6.07, 6.45) is 3.96. The number of hydrogen-bond donors (Lipinski definition) is 2. The van der Waals surface area contributed by atoms with Gasteiger partial charge >= 0.3 is 0 Å². The standard InChI is InChI=1S/C19H19FN2O2S/c1-2-14-7-9-15(10-8-14)11-12-18(23)21-22-19(24)13-25-17-6-4-3-5-16(17)20/h3-12H,2,13H2,1H3,(H,21,23)(H,22,24)/b12-11+. The fourth-order valence-corrected chi connectivity index (χ4v) is 2.69. The average molecular weight is 358 g/mol. The lowest BCUT2D eigenvalue weighted by atomic mass is 10.1. The zero-order valence-electron chi connectivity index (χ0n) is 13.8. The lowest BCUT2D eigenvalue weighted by Crippen LogP contribution is -2.41. The third-order valence-corrected chi connectivity index (χ3v) is 4.38. The Kier molecular flexibility index (Phi) is 7.22. The van der Waals surface area contributed by atoms with E-state index in [2.05, 4.69) is 17.8 Å². The van der Waals surface area contributed by atoms with Crippen molar-refractivity contribution in [2.45, 2.75) is 18.2 Å². The molecule has 0 aliphatic heterocycles. The van der Waals surface area contributed by atoms with Crippen LogP contribution >= 0.6 is 11.8 Å². The Morgan fingerprint density at radius 1 is 1.08 bits per heavy atom. The van der Waals surface area contributed by atoms with Crippen molar-refractivity contribution < 1.29 is 14.0 Å². The highest BCUT2D eigenvalue weighted by Crippen LogP contribution is 2.20. The van der Waals surface area contributed by atoms with Gasteiger partial charge in [0.2, 0.25) is 5.91 Å². The Balaban J connectivity index is 1.74. The molecule has 0 saturated carbocycles. The first-order valence-electron chi connectivity index (χ1n) is 7.81. The van der Waals surface area contributed by atoms with E-state index in [4.69, 9.17) is 0 Å². The number of carbonyl (C=O) groups excluding carboxylic acids is 2. The minimum atomic E-state index is -0.441. The van der Waals surface area contributed by atoms with E-state index in [1.54, 1.807) is 24.3 Å². The molecule has 0 aliphatic rings. The number of hydrogen-bond acceptors (Lipinski definition) is 3. The maximum atomic E-state index is 13.4. The van der Waals surface area contributed by atoms with Gasteiger partial charge < -0.3 is 0 Å². The summed E-state index contributed by atoms with van der Waals surface area (Å²) in [5, 5.41) is 0. The monoisotopic (exact) mass is 358 g/mol. The largest absolute Gasteiger partial charge is 0.272 e. The van der Waals surface area contributed by atoms with Gasteiger partial charge in [0.15, 0.2) is 0 Å². The highest BCUT2D eigenvalue weighted by atomic mass is 32.2. The Labute approximate surface area is 150 Å². The fraction of sp³-hybridized carbons (Fsp3) is 0.158. The van der Waals surface area contributed by atoms with Crippen LogP contribution in [0.15, 0.2) is 59.5 Å². The van der Waals surface area contributed by atoms with Gasteiger partial charge in [0.05, 0.1) is 5.75 Å². The van der Waals surface area contributed by atoms with Gasteiger partial charge in [-0.25, -0.2) is 4.39 Å². The van der Waals surface area contributed by atoms with Crippen molar-refractivity contribution in [3.63, 3.8) is 0 Å². The molecule has 2 aromatic rings. The molecule has 2 aromatic carbocycles. The summed E-state index contributed by atoms with van der Waals surface area (Å²) in [4.78, 5) is 23.8. The van der Waals surface area contributed by atoms with Crippen LogP contribution in [0.4, 0.5) is 4.39 Å². The molecular formula is C19H19FN2O2S. The Bertz CT molecular complexity index is 760. The molecule has 0 bridgehead atoms. The van der Waals surface area contributed by atoms with Crippen LogP contribution < -0.4 is 10.9 Å². The number of aryl methyl sites for hydroxylation is 1. The molecule has 2 N–H and O–H groups in total. The van der Waals surface area contributed by atoms with Crippen LogP contribution in [0.2, 0.25) is 0 Å². The molecule has 0 fully saturated rings. The van der Waals surface area contributed by atoms with Crippen LogP contribution in [0.5, 0.6) is 0 Å². The minimum Gasteiger partial charge on any atom is -0.272 e. The summed E-state index contributed by atoms with van der Waals surface area (Å²) in [7, 11) is 0. The molecule has 6 heteroatoms. The average Bonchev–Trinajstić information content (AvgIpc) is 2.64. The highest BCUT2D eigenvalue weighted by molar-refractivity contribution is 8.00. The van der Waals surface area contributed by atoms with Crippen molar-refractivity contribution in [1.29, 1.82) is 0 Å². The molecule has 2 amide bonds. The summed E-state index contributed by atoms with van der Waals surface area (Å²) in [5.41, 5.74) is 6.71. The molecule has 2 rings (SSSR count). The van der Waals surface area contributed by atoms with Gasteiger partial charge in [-0.15, -0.1) is 11.8 Å². The zero-order chi connectivity index (χ0) is 18.1. The quantitative estimate of drug-likeness (QED) is 0.473.